The third-order valence-electron chi connectivity index (χ3n) is 9.99. The zero-order chi connectivity index (χ0) is 35.9. The number of guanidine groups is 1. The molecule has 0 bridgehead atoms. The highest BCUT2D eigenvalue weighted by Gasteiger charge is 2.13. The van der Waals surface area contributed by atoms with Crippen LogP contribution >= 0.6 is 0 Å². The topological polar surface area (TPSA) is 158 Å². The van der Waals surface area contributed by atoms with Crippen LogP contribution in [0.2, 0.25) is 0 Å². The minimum atomic E-state index is 0.372. The van der Waals surface area contributed by atoms with Crippen molar-refractivity contribution < 1.29 is 0 Å². The molecule has 286 valence electrons. The fraction of sp³-hybridized carbons (Fsp3) is 0.684. The smallest absolute Gasteiger partial charge is 0.222 e. The van der Waals surface area contributed by atoms with Crippen LogP contribution in [0.5, 0.6) is 0 Å². The molecule has 0 saturated heterocycles. The molecule has 2 aromatic heterocycles. The Bertz CT molecular complexity index is 1420. The van der Waals surface area contributed by atoms with Crippen molar-refractivity contribution in [1.82, 2.24) is 56.6 Å². The van der Waals surface area contributed by atoms with Crippen molar-refractivity contribution in [1.29, 1.82) is 0 Å². The molecule has 1 aromatic carbocycles. The van der Waals surface area contributed by atoms with E-state index in [0.717, 1.165) is 106 Å². The fourth-order valence-electron chi connectivity index (χ4n) is 7.06. The highest BCUT2D eigenvalue weighted by Crippen LogP contribution is 2.18. The van der Waals surface area contributed by atoms with Gasteiger partial charge in [-0.25, -0.2) is 9.98 Å². The molecule has 2 aliphatic rings. The predicted molar refractivity (Wildman–Crippen MR) is 211 cm³/mol. The van der Waals surface area contributed by atoms with Crippen LogP contribution in [-0.2, 0) is 32.7 Å². The second kappa shape index (κ2) is 23.9. The number of para-hydroxylation sites is 1. The van der Waals surface area contributed by atoms with Gasteiger partial charge in [-0.1, -0.05) is 67.2 Å². The van der Waals surface area contributed by atoms with Gasteiger partial charge in [0, 0.05) is 63.2 Å². The van der Waals surface area contributed by atoms with Gasteiger partial charge in [0.15, 0.2) is 0 Å². The molecule has 5 rings (SSSR count). The fourth-order valence-corrected chi connectivity index (χ4v) is 7.06. The summed E-state index contributed by atoms with van der Waals surface area (Å²) in [5.74, 6) is 0.446. The normalized spacial score (nSPS) is 16.0. The number of nitrogens with one attached hydrogen (secondary N) is 6. The van der Waals surface area contributed by atoms with Crippen LogP contribution in [0.4, 0.5) is 5.69 Å². The van der Waals surface area contributed by atoms with Gasteiger partial charge in [0.1, 0.15) is 5.69 Å². The summed E-state index contributed by atoms with van der Waals surface area (Å²) in [7, 11) is 0. The van der Waals surface area contributed by atoms with Crippen molar-refractivity contribution in [2.45, 2.75) is 128 Å². The third kappa shape index (κ3) is 15.2. The number of aliphatic imine (C=N–C) groups is 2. The number of hydrogen-bond donors (Lipinski definition) is 6. The van der Waals surface area contributed by atoms with E-state index in [1.807, 2.05) is 40.0 Å². The summed E-state index contributed by atoms with van der Waals surface area (Å²) in [4.78, 5) is 8.75. The van der Waals surface area contributed by atoms with Crippen molar-refractivity contribution in [2.75, 3.05) is 44.6 Å². The Morgan fingerprint density at radius 2 is 1.29 bits per heavy atom. The second-order valence-corrected chi connectivity index (χ2v) is 14.3. The van der Waals surface area contributed by atoms with Crippen LogP contribution in [0, 0.1) is 0 Å². The van der Waals surface area contributed by atoms with E-state index >= 15 is 0 Å². The molecule has 0 unspecified atom stereocenters. The molecular formula is C38H64N14. The maximum atomic E-state index is 4.62. The summed E-state index contributed by atoms with van der Waals surface area (Å²) in [6.45, 7) is 13.2. The van der Waals surface area contributed by atoms with Gasteiger partial charge in [-0.2, -0.15) is 0 Å². The molecule has 0 aliphatic heterocycles. The maximum Gasteiger partial charge on any atom is 0.222 e. The molecule has 2 heterocycles. The summed E-state index contributed by atoms with van der Waals surface area (Å²) in [5, 5.41) is 38.6. The van der Waals surface area contributed by atoms with E-state index in [2.05, 4.69) is 75.3 Å². The Labute approximate surface area is 310 Å². The van der Waals surface area contributed by atoms with Crippen molar-refractivity contribution >= 4 is 18.4 Å². The largest absolute Gasteiger partial charge is 0.324 e. The van der Waals surface area contributed by atoms with Gasteiger partial charge < -0.3 is 31.9 Å². The zero-order valence-electron chi connectivity index (χ0n) is 31.4. The van der Waals surface area contributed by atoms with Gasteiger partial charge in [-0.05, 0) is 89.5 Å². The molecule has 0 spiro atoms. The van der Waals surface area contributed by atoms with E-state index in [1.165, 1.54) is 64.2 Å². The molecule has 14 nitrogen and oxygen atoms in total. The molecule has 52 heavy (non-hydrogen) atoms. The van der Waals surface area contributed by atoms with Crippen LogP contribution in [0.1, 0.15) is 100 Å². The van der Waals surface area contributed by atoms with E-state index in [9.17, 15) is 0 Å². The Morgan fingerprint density at radius 1 is 0.673 bits per heavy atom. The van der Waals surface area contributed by atoms with E-state index in [1.54, 1.807) is 0 Å². The summed E-state index contributed by atoms with van der Waals surface area (Å²) >= 11 is 0. The average Bonchev–Trinajstić information content (AvgIpc) is 3.84. The number of hydrogen-bond acceptors (Lipinski definition) is 10. The summed E-state index contributed by atoms with van der Waals surface area (Å²) < 4.78 is 3.82. The Hall–Kier alpha value is -3.56. The first-order valence-corrected chi connectivity index (χ1v) is 20.0. The molecular weight excluding hydrogens is 653 g/mol. The summed E-state index contributed by atoms with van der Waals surface area (Å²) in [6, 6.07) is 9.59. The average molecular weight is 717 g/mol. The second-order valence-electron chi connectivity index (χ2n) is 14.3. The predicted octanol–water partition coefficient (Wildman–Crippen LogP) is 4.02. The lowest BCUT2D eigenvalue weighted by Gasteiger charge is -2.22. The van der Waals surface area contributed by atoms with E-state index < -0.39 is 0 Å². The van der Waals surface area contributed by atoms with E-state index in [-0.39, 0.29) is 0 Å². The lowest BCUT2D eigenvalue weighted by Crippen LogP contribution is -2.36. The highest BCUT2D eigenvalue weighted by molar-refractivity contribution is 5.96. The molecule has 0 amide bonds. The highest BCUT2D eigenvalue weighted by atomic mass is 15.4. The summed E-state index contributed by atoms with van der Waals surface area (Å²) in [5.41, 5.74) is 3.74. The molecule has 0 radical (unpaired) electrons. The molecule has 6 N–H and O–H groups in total. The Kier molecular flexibility index (Phi) is 18.2. The van der Waals surface area contributed by atoms with Gasteiger partial charge in [-0.3, -0.25) is 9.36 Å². The number of aromatic nitrogens is 6. The van der Waals surface area contributed by atoms with Crippen LogP contribution in [0.3, 0.4) is 0 Å². The standard InChI is InChI=1S/C38H64N14/c1-39-38(45-29-36-31-52(50-48-36)25-11-20-40-19-10-22-43-33-14-4-2-5-15-33)46-37-18-9-8-13-32(37)27-42-28-35-30-51(49-47-35)26-12-21-41-23-24-44-34-16-6-3-7-17-34/h8-9,13,18,30-31,33-34,40-44H,1-7,10-12,14-17,19-29H2,(H,45,46). The SMILES string of the molecule is C=NC(=NCc1cn(CCCNCCCNC2CCCCC2)nn1)Nc1ccccc1CNCc1cn(CCCNCCNC2CCCCC2)nn1. The molecule has 2 saturated carbocycles. The van der Waals surface area contributed by atoms with E-state index in [0.29, 0.717) is 25.6 Å². The quantitative estimate of drug-likeness (QED) is 0.0455. The first-order valence-electron chi connectivity index (χ1n) is 20.0. The van der Waals surface area contributed by atoms with Crippen molar-refractivity contribution in [2.24, 2.45) is 9.98 Å². The first kappa shape index (κ1) is 39.6. The minimum absolute atomic E-state index is 0.372. The Morgan fingerprint density at radius 3 is 2.00 bits per heavy atom. The lowest BCUT2D eigenvalue weighted by atomic mass is 9.95. The first-order chi connectivity index (χ1) is 25.7. The molecule has 2 aliphatic carbocycles. The Balaban J connectivity index is 0.931. The van der Waals surface area contributed by atoms with E-state index in [4.69, 9.17) is 0 Å². The summed E-state index contributed by atoms with van der Waals surface area (Å²) in [6.07, 6.45) is 20.9. The number of rotatable bonds is 24. The monoisotopic (exact) mass is 717 g/mol. The van der Waals surface area contributed by atoms with Crippen LogP contribution in [0.25, 0.3) is 0 Å². The van der Waals surface area contributed by atoms with Crippen LogP contribution in [0.15, 0.2) is 46.6 Å². The number of anilines is 1. The van der Waals surface area contributed by atoms with Crippen molar-refractivity contribution in [3.63, 3.8) is 0 Å². The van der Waals surface area contributed by atoms with Crippen LogP contribution in [-0.4, -0.2) is 94.0 Å². The lowest BCUT2D eigenvalue weighted by molar-refractivity contribution is 0.371. The third-order valence-corrected chi connectivity index (χ3v) is 9.99. The van der Waals surface area contributed by atoms with Gasteiger partial charge in [-0.15, -0.1) is 10.2 Å². The van der Waals surface area contributed by atoms with Gasteiger partial charge in [0.25, 0.3) is 0 Å². The minimum Gasteiger partial charge on any atom is -0.324 e. The maximum absolute atomic E-state index is 4.62. The van der Waals surface area contributed by atoms with Crippen molar-refractivity contribution in [3.8, 4) is 0 Å². The van der Waals surface area contributed by atoms with Gasteiger partial charge in [0.05, 0.1) is 18.4 Å². The molecule has 14 heteroatoms. The van der Waals surface area contributed by atoms with Gasteiger partial charge >= 0.3 is 0 Å². The molecule has 2 fully saturated rings. The molecule has 0 atom stereocenters. The van der Waals surface area contributed by atoms with Crippen LogP contribution < -0.4 is 31.9 Å². The molecule has 3 aromatic rings. The number of nitrogens with zero attached hydrogens (tertiary/aromatic N) is 8. The number of aryl methyl sites for hydroxylation is 2. The van der Waals surface area contributed by atoms with Crippen molar-refractivity contribution in [3.05, 3.63) is 53.6 Å². The van der Waals surface area contributed by atoms with Gasteiger partial charge in [0.2, 0.25) is 5.96 Å². The number of benzene rings is 1. The zero-order valence-corrected chi connectivity index (χ0v) is 31.4.